The lowest BCUT2D eigenvalue weighted by Crippen LogP contribution is -2.34. The van der Waals surface area contributed by atoms with Crippen molar-refractivity contribution in [3.63, 3.8) is 0 Å². The van der Waals surface area contributed by atoms with Gasteiger partial charge in [0.05, 0.1) is 12.2 Å². The van der Waals surface area contributed by atoms with Gasteiger partial charge >= 0.3 is 0 Å². The normalized spacial score (nSPS) is 16.0. The third kappa shape index (κ3) is 5.74. The highest BCUT2D eigenvalue weighted by atomic mass is 16.3. The minimum absolute atomic E-state index is 0.0616. The van der Waals surface area contributed by atoms with E-state index in [0.717, 1.165) is 32.5 Å². The second-order valence-electron chi connectivity index (χ2n) is 6.76. The molecular weight excluding hydrogens is 342 g/mol. The van der Waals surface area contributed by atoms with Crippen molar-refractivity contribution in [2.24, 2.45) is 0 Å². The van der Waals surface area contributed by atoms with Crippen molar-refractivity contribution in [3.8, 4) is 0 Å². The molecule has 1 aromatic carbocycles. The summed E-state index contributed by atoms with van der Waals surface area (Å²) in [4.78, 5) is 14.4. The molecule has 1 aliphatic rings. The summed E-state index contributed by atoms with van der Waals surface area (Å²) in [7, 11) is 0. The fourth-order valence-corrected chi connectivity index (χ4v) is 3.20. The molecule has 0 aliphatic carbocycles. The van der Waals surface area contributed by atoms with Crippen molar-refractivity contribution in [1.29, 1.82) is 0 Å². The van der Waals surface area contributed by atoms with E-state index in [0.29, 0.717) is 18.7 Å². The van der Waals surface area contributed by atoms with Crippen LogP contribution in [0.25, 0.3) is 6.08 Å². The number of nitrogens with zero attached hydrogens (tertiary/aromatic N) is 4. The van der Waals surface area contributed by atoms with E-state index in [1.807, 2.05) is 22.9 Å². The van der Waals surface area contributed by atoms with Crippen molar-refractivity contribution in [3.05, 3.63) is 53.9 Å². The number of amides is 1. The van der Waals surface area contributed by atoms with Gasteiger partial charge in [0, 0.05) is 32.8 Å². The van der Waals surface area contributed by atoms with E-state index >= 15 is 0 Å². The maximum atomic E-state index is 12.0. The molecule has 27 heavy (non-hydrogen) atoms. The number of carbonyl (C=O) groups is 1. The number of carbonyl (C=O) groups excluding carboxylic acids is 1. The van der Waals surface area contributed by atoms with Gasteiger partial charge in [-0.1, -0.05) is 47.7 Å². The van der Waals surface area contributed by atoms with Gasteiger partial charge in [-0.2, -0.15) is 0 Å². The van der Waals surface area contributed by atoms with E-state index < -0.39 is 0 Å². The van der Waals surface area contributed by atoms with Gasteiger partial charge in [0.15, 0.2) is 5.69 Å². The Morgan fingerprint density at radius 2 is 2.04 bits per heavy atom. The van der Waals surface area contributed by atoms with Crippen LogP contribution in [0.2, 0.25) is 0 Å². The number of aliphatic hydroxyl groups excluding tert-OH is 1. The van der Waals surface area contributed by atoms with Gasteiger partial charge in [-0.3, -0.25) is 9.69 Å². The molecule has 0 atom stereocenters. The first-order chi connectivity index (χ1) is 13.3. The molecule has 1 fully saturated rings. The Bertz CT molecular complexity index is 736. The molecule has 7 heteroatoms. The second-order valence-corrected chi connectivity index (χ2v) is 6.76. The zero-order chi connectivity index (χ0) is 18.9. The first kappa shape index (κ1) is 19.3. The summed E-state index contributed by atoms with van der Waals surface area (Å²) in [5, 5.41) is 19.6. The van der Waals surface area contributed by atoms with Crippen molar-refractivity contribution < 1.29 is 9.90 Å². The first-order valence-corrected chi connectivity index (χ1v) is 9.51. The minimum atomic E-state index is -0.238. The highest BCUT2D eigenvalue weighted by Crippen LogP contribution is 2.21. The molecule has 0 saturated carbocycles. The third-order valence-electron chi connectivity index (χ3n) is 4.77. The van der Waals surface area contributed by atoms with E-state index in [9.17, 15) is 4.79 Å². The molecule has 0 bridgehead atoms. The minimum Gasteiger partial charge on any atom is -0.396 e. The highest BCUT2D eigenvalue weighted by molar-refractivity contribution is 5.91. The first-order valence-electron chi connectivity index (χ1n) is 9.51. The lowest BCUT2D eigenvalue weighted by atomic mass is 10.1. The van der Waals surface area contributed by atoms with Gasteiger partial charge in [-0.25, -0.2) is 4.68 Å². The van der Waals surface area contributed by atoms with Gasteiger partial charge in [0.1, 0.15) is 0 Å². The molecule has 3 rings (SSSR count). The Morgan fingerprint density at radius 1 is 1.26 bits per heavy atom. The maximum Gasteiger partial charge on any atom is 0.273 e. The summed E-state index contributed by atoms with van der Waals surface area (Å²) >= 11 is 0. The van der Waals surface area contributed by atoms with Crippen LogP contribution < -0.4 is 5.32 Å². The van der Waals surface area contributed by atoms with Gasteiger partial charge in [-0.05, 0) is 24.8 Å². The maximum absolute atomic E-state index is 12.0. The molecule has 7 nitrogen and oxygen atoms in total. The quantitative estimate of drug-likeness (QED) is 0.693. The second kappa shape index (κ2) is 9.99. The average Bonchev–Trinajstić information content (AvgIpc) is 3.20. The lowest BCUT2D eigenvalue weighted by molar-refractivity contribution is 0.0946. The molecule has 1 aromatic heterocycles. The van der Waals surface area contributed by atoms with Crippen molar-refractivity contribution in [2.75, 3.05) is 32.8 Å². The third-order valence-corrected chi connectivity index (χ3v) is 4.77. The number of piperidine rings is 1. The Balaban J connectivity index is 1.44. The fourth-order valence-electron chi connectivity index (χ4n) is 3.20. The predicted molar refractivity (Wildman–Crippen MR) is 104 cm³/mol. The summed E-state index contributed by atoms with van der Waals surface area (Å²) in [6.45, 7) is 3.45. The van der Waals surface area contributed by atoms with Crippen LogP contribution in [-0.4, -0.2) is 63.7 Å². The summed E-state index contributed by atoms with van der Waals surface area (Å²) in [5.74, 6) is -0.238. The van der Waals surface area contributed by atoms with Crippen molar-refractivity contribution in [1.82, 2.24) is 25.2 Å². The number of aliphatic hydroxyl groups is 1. The SMILES string of the molecule is O=C(NCCCO)c1cn(C2CCN(CC=Cc3ccccc3)CC2)nn1. The van der Waals surface area contributed by atoms with E-state index in [4.69, 9.17) is 5.11 Å². The molecule has 0 unspecified atom stereocenters. The standard InChI is InChI=1S/C20H27N5O2/c26-15-5-11-21-20(27)19-16-25(23-22-19)18-9-13-24(14-10-18)12-4-8-17-6-2-1-3-7-17/h1-4,6-8,16,18,26H,5,9-15H2,(H,21,27). The van der Waals surface area contributed by atoms with Crippen molar-refractivity contribution >= 4 is 12.0 Å². The Kier molecular flexibility index (Phi) is 7.12. The van der Waals surface area contributed by atoms with Crippen molar-refractivity contribution in [2.45, 2.75) is 25.3 Å². The number of rotatable bonds is 8. The number of hydrogen-bond donors (Lipinski definition) is 2. The molecule has 2 aromatic rings. The lowest BCUT2D eigenvalue weighted by Gasteiger charge is -2.30. The Hall–Kier alpha value is -2.51. The van der Waals surface area contributed by atoms with Crippen LogP contribution in [0.3, 0.4) is 0 Å². The number of likely N-dealkylation sites (tertiary alicyclic amines) is 1. The summed E-state index contributed by atoms with van der Waals surface area (Å²) in [6.07, 6.45) is 8.62. The molecule has 144 valence electrons. The molecule has 2 N–H and O–H groups in total. The fraction of sp³-hybridized carbons (Fsp3) is 0.450. The number of hydrogen-bond acceptors (Lipinski definition) is 5. The van der Waals surface area contributed by atoms with Gasteiger partial charge < -0.3 is 10.4 Å². The van der Waals surface area contributed by atoms with Gasteiger partial charge in [0.2, 0.25) is 0 Å². The molecular formula is C20H27N5O2. The van der Waals surface area contributed by atoms with Gasteiger partial charge in [-0.15, -0.1) is 5.10 Å². The van der Waals surface area contributed by atoms with Crippen LogP contribution >= 0.6 is 0 Å². The molecule has 0 spiro atoms. The molecule has 1 amide bonds. The van der Waals surface area contributed by atoms with E-state index in [1.165, 1.54) is 5.56 Å². The van der Waals surface area contributed by atoms with E-state index in [-0.39, 0.29) is 18.6 Å². The summed E-state index contributed by atoms with van der Waals surface area (Å²) in [5.41, 5.74) is 1.56. The zero-order valence-corrected chi connectivity index (χ0v) is 15.5. The summed E-state index contributed by atoms with van der Waals surface area (Å²) < 4.78 is 1.82. The van der Waals surface area contributed by atoms with E-state index in [1.54, 1.807) is 6.20 Å². The number of aromatic nitrogens is 3. The monoisotopic (exact) mass is 369 g/mol. The highest BCUT2D eigenvalue weighted by Gasteiger charge is 2.22. The Morgan fingerprint density at radius 3 is 2.78 bits per heavy atom. The average molecular weight is 369 g/mol. The van der Waals surface area contributed by atoms with Crippen LogP contribution in [0.1, 0.15) is 41.4 Å². The van der Waals surface area contributed by atoms with Crippen LogP contribution in [0, 0.1) is 0 Å². The number of benzene rings is 1. The summed E-state index contributed by atoms with van der Waals surface area (Å²) in [6, 6.07) is 10.6. The Labute approximate surface area is 159 Å². The molecule has 1 aliphatic heterocycles. The molecule has 0 radical (unpaired) electrons. The van der Waals surface area contributed by atoms with Crippen LogP contribution in [0.4, 0.5) is 0 Å². The molecule has 1 saturated heterocycles. The van der Waals surface area contributed by atoms with Gasteiger partial charge in [0.25, 0.3) is 5.91 Å². The largest absolute Gasteiger partial charge is 0.396 e. The predicted octanol–water partition coefficient (Wildman–Crippen LogP) is 1.74. The van der Waals surface area contributed by atoms with Crippen LogP contribution in [-0.2, 0) is 0 Å². The number of nitrogens with one attached hydrogen (secondary N) is 1. The van der Waals surface area contributed by atoms with Crippen LogP contribution in [0.15, 0.2) is 42.6 Å². The zero-order valence-electron chi connectivity index (χ0n) is 15.5. The molecule has 2 heterocycles. The topological polar surface area (TPSA) is 83.3 Å². The van der Waals surface area contributed by atoms with Crippen LogP contribution in [0.5, 0.6) is 0 Å². The smallest absolute Gasteiger partial charge is 0.273 e. The van der Waals surface area contributed by atoms with E-state index in [2.05, 4.69) is 44.8 Å².